The quantitative estimate of drug-likeness (QED) is 0.675. The van der Waals surface area contributed by atoms with Gasteiger partial charge < -0.3 is 0 Å². The van der Waals surface area contributed by atoms with E-state index in [4.69, 9.17) is 0 Å². The van der Waals surface area contributed by atoms with Crippen molar-refractivity contribution < 1.29 is 9.59 Å². The molecule has 0 bridgehead atoms. The van der Waals surface area contributed by atoms with E-state index in [1.165, 1.54) is 0 Å². The summed E-state index contributed by atoms with van der Waals surface area (Å²) in [6.45, 7) is 2.02. The Balaban J connectivity index is 1.87. The second-order valence-electron chi connectivity index (χ2n) is 7.02. The van der Waals surface area contributed by atoms with Crippen LogP contribution in [0.4, 0.5) is 5.69 Å². The lowest BCUT2D eigenvalue weighted by Gasteiger charge is -2.38. The minimum atomic E-state index is -0.149. The Bertz CT molecular complexity index is 931. The van der Waals surface area contributed by atoms with Gasteiger partial charge in [-0.1, -0.05) is 40.2 Å². The number of nitrogens with zero attached hydrogens (tertiary/aromatic N) is 1. The summed E-state index contributed by atoms with van der Waals surface area (Å²) in [7, 11) is 0. The number of ketones is 1. The zero-order chi connectivity index (χ0) is 18.3. The number of Topliss-reactive ketones (excluding diaryl/α,β-unsaturated/α-hetero) is 1. The van der Waals surface area contributed by atoms with Crippen LogP contribution in [0, 0.1) is 6.92 Å². The summed E-state index contributed by atoms with van der Waals surface area (Å²) in [6, 6.07) is 15.9. The van der Waals surface area contributed by atoms with Crippen molar-refractivity contribution in [2.24, 2.45) is 0 Å². The van der Waals surface area contributed by atoms with Crippen LogP contribution in [0.5, 0.6) is 0 Å². The molecule has 26 heavy (non-hydrogen) atoms. The molecule has 0 fully saturated rings. The van der Waals surface area contributed by atoms with Crippen LogP contribution in [0.3, 0.4) is 0 Å². The van der Waals surface area contributed by atoms with Gasteiger partial charge in [0.15, 0.2) is 5.78 Å². The molecule has 0 aromatic heterocycles. The number of aryl methyl sites for hydroxylation is 1. The summed E-state index contributed by atoms with van der Waals surface area (Å²) in [5.74, 6) is 0.0965. The number of anilines is 1. The lowest BCUT2D eigenvalue weighted by molar-refractivity contribution is -0.119. The van der Waals surface area contributed by atoms with Crippen molar-refractivity contribution in [2.75, 3.05) is 4.90 Å². The Morgan fingerprint density at radius 2 is 1.85 bits per heavy atom. The molecule has 4 heteroatoms. The lowest BCUT2D eigenvalue weighted by Crippen LogP contribution is -2.40. The van der Waals surface area contributed by atoms with E-state index < -0.39 is 0 Å². The van der Waals surface area contributed by atoms with Crippen LogP contribution < -0.4 is 4.90 Å². The third kappa shape index (κ3) is 3.03. The van der Waals surface area contributed by atoms with Gasteiger partial charge >= 0.3 is 0 Å². The van der Waals surface area contributed by atoms with E-state index >= 15 is 0 Å². The molecule has 1 aliphatic heterocycles. The van der Waals surface area contributed by atoms with Crippen molar-refractivity contribution in [1.82, 2.24) is 0 Å². The molecule has 2 aromatic carbocycles. The summed E-state index contributed by atoms with van der Waals surface area (Å²) < 4.78 is 0.967. The zero-order valence-corrected chi connectivity index (χ0v) is 16.3. The van der Waals surface area contributed by atoms with Gasteiger partial charge in [0.1, 0.15) is 0 Å². The molecule has 0 radical (unpaired) electrons. The van der Waals surface area contributed by atoms with E-state index in [1.807, 2.05) is 55.5 Å². The predicted octanol–water partition coefficient (Wildman–Crippen LogP) is 5.29. The molecular formula is C22H20BrNO2. The van der Waals surface area contributed by atoms with Crippen LogP contribution in [0.1, 0.15) is 42.7 Å². The van der Waals surface area contributed by atoms with Gasteiger partial charge in [-0.15, -0.1) is 0 Å². The van der Waals surface area contributed by atoms with E-state index in [0.717, 1.165) is 45.4 Å². The minimum absolute atomic E-state index is 0.0639. The first kappa shape index (κ1) is 17.2. The van der Waals surface area contributed by atoms with Gasteiger partial charge in [-0.25, -0.2) is 0 Å². The first-order valence-electron chi connectivity index (χ1n) is 8.96. The number of benzene rings is 2. The van der Waals surface area contributed by atoms with E-state index in [-0.39, 0.29) is 17.6 Å². The molecular weight excluding hydrogens is 390 g/mol. The van der Waals surface area contributed by atoms with Crippen LogP contribution in [-0.2, 0) is 9.59 Å². The fourth-order valence-corrected chi connectivity index (χ4v) is 4.48. The molecule has 0 N–H and O–H groups in total. The summed E-state index contributed by atoms with van der Waals surface area (Å²) in [4.78, 5) is 27.7. The monoisotopic (exact) mass is 409 g/mol. The fraction of sp³-hybridized carbons (Fsp3) is 0.273. The molecule has 2 aromatic rings. The third-order valence-corrected chi connectivity index (χ3v) is 5.68. The molecule has 0 spiro atoms. The van der Waals surface area contributed by atoms with Crippen LogP contribution in [-0.4, -0.2) is 11.7 Å². The average Bonchev–Trinajstić information content (AvgIpc) is 2.61. The van der Waals surface area contributed by atoms with Crippen molar-refractivity contribution in [3.8, 4) is 0 Å². The number of hydrogen-bond acceptors (Lipinski definition) is 2. The van der Waals surface area contributed by atoms with Crippen molar-refractivity contribution in [3.05, 3.63) is 75.4 Å². The Morgan fingerprint density at radius 3 is 2.62 bits per heavy atom. The molecule has 1 aliphatic carbocycles. The second kappa shape index (κ2) is 6.84. The third-order valence-electron chi connectivity index (χ3n) is 5.19. The van der Waals surface area contributed by atoms with E-state index in [0.29, 0.717) is 12.8 Å². The van der Waals surface area contributed by atoms with Gasteiger partial charge in [-0.2, -0.15) is 0 Å². The minimum Gasteiger partial charge on any atom is -0.294 e. The molecule has 1 heterocycles. The molecule has 1 atom stereocenters. The Hall–Kier alpha value is -2.20. The number of allylic oxidation sites excluding steroid dienone is 2. The van der Waals surface area contributed by atoms with Crippen molar-refractivity contribution in [1.29, 1.82) is 0 Å². The van der Waals surface area contributed by atoms with Gasteiger partial charge in [0.05, 0.1) is 0 Å². The molecule has 1 amide bonds. The highest BCUT2D eigenvalue weighted by Gasteiger charge is 2.39. The predicted molar refractivity (Wildman–Crippen MR) is 106 cm³/mol. The summed E-state index contributed by atoms with van der Waals surface area (Å²) in [5.41, 5.74) is 4.72. The number of halogens is 1. The van der Waals surface area contributed by atoms with Crippen molar-refractivity contribution in [2.45, 2.75) is 38.5 Å². The maximum Gasteiger partial charge on any atom is 0.232 e. The van der Waals surface area contributed by atoms with E-state index in [2.05, 4.69) is 15.9 Å². The second-order valence-corrected chi connectivity index (χ2v) is 7.93. The van der Waals surface area contributed by atoms with Crippen molar-refractivity contribution in [3.63, 3.8) is 0 Å². The molecule has 2 aliphatic rings. The Kier molecular flexibility index (Phi) is 4.53. The zero-order valence-electron chi connectivity index (χ0n) is 14.7. The highest BCUT2D eigenvalue weighted by Crippen LogP contribution is 2.43. The summed E-state index contributed by atoms with van der Waals surface area (Å²) in [5, 5.41) is 0. The van der Waals surface area contributed by atoms with Gasteiger partial charge in [-0.05, 0) is 55.2 Å². The maximum absolute atomic E-state index is 13.1. The van der Waals surface area contributed by atoms with Crippen LogP contribution in [0.15, 0.2) is 64.3 Å². The van der Waals surface area contributed by atoms with Gasteiger partial charge in [0.25, 0.3) is 0 Å². The summed E-state index contributed by atoms with van der Waals surface area (Å²) >= 11 is 3.51. The molecule has 1 unspecified atom stereocenters. The topological polar surface area (TPSA) is 37.4 Å². The van der Waals surface area contributed by atoms with Crippen LogP contribution in [0.2, 0.25) is 0 Å². The fourth-order valence-electron chi connectivity index (χ4n) is 4.07. The average molecular weight is 410 g/mol. The van der Waals surface area contributed by atoms with Crippen LogP contribution >= 0.6 is 15.9 Å². The largest absolute Gasteiger partial charge is 0.294 e. The Morgan fingerprint density at radius 1 is 1.04 bits per heavy atom. The first-order chi connectivity index (χ1) is 12.5. The number of rotatable bonds is 2. The van der Waals surface area contributed by atoms with Crippen LogP contribution in [0.25, 0.3) is 0 Å². The molecule has 0 saturated carbocycles. The number of amides is 1. The highest BCUT2D eigenvalue weighted by atomic mass is 79.9. The summed E-state index contributed by atoms with van der Waals surface area (Å²) in [6.07, 6.45) is 2.47. The smallest absolute Gasteiger partial charge is 0.232 e. The molecule has 4 rings (SSSR count). The SMILES string of the molecule is Cc1cccc(N2C(=O)CC(c3cccc(Br)c3)C3=C2CCCC3=O)c1. The van der Waals surface area contributed by atoms with Gasteiger partial charge in [0, 0.05) is 40.2 Å². The normalized spacial score (nSPS) is 20.4. The highest BCUT2D eigenvalue weighted by molar-refractivity contribution is 9.10. The standard InChI is InChI=1S/C22H20BrNO2/c1-14-5-2-8-17(11-14)24-19-9-4-10-20(25)22(19)18(13-21(24)26)15-6-3-7-16(23)12-15/h2-3,5-8,11-12,18H,4,9-10,13H2,1H3. The molecule has 0 saturated heterocycles. The Labute approximate surface area is 161 Å². The van der Waals surface area contributed by atoms with Gasteiger partial charge in [0.2, 0.25) is 5.91 Å². The lowest BCUT2D eigenvalue weighted by atomic mass is 9.77. The van der Waals surface area contributed by atoms with Crippen molar-refractivity contribution >= 4 is 33.3 Å². The first-order valence-corrected chi connectivity index (χ1v) is 9.75. The molecule has 3 nitrogen and oxygen atoms in total. The maximum atomic E-state index is 13.1. The van der Waals surface area contributed by atoms with E-state index in [1.54, 1.807) is 4.90 Å². The molecule has 132 valence electrons. The number of hydrogen-bond donors (Lipinski definition) is 0. The van der Waals surface area contributed by atoms with Gasteiger partial charge in [-0.3, -0.25) is 14.5 Å². The van der Waals surface area contributed by atoms with E-state index in [9.17, 15) is 9.59 Å². The number of carbonyl (C=O) groups is 2. The number of carbonyl (C=O) groups excluding carboxylic acids is 2.